The van der Waals surface area contributed by atoms with Crippen molar-refractivity contribution >= 4 is 24.2 Å². The number of halogens is 1. The van der Waals surface area contributed by atoms with Crippen LogP contribution in [0.4, 0.5) is 0 Å². The van der Waals surface area contributed by atoms with Crippen LogP contribution in [-0.4, -0.2) is 19.0 Å². The van der Waals surface area contributed by atoms with Crippen molar-refractivity contribution in [3.8, 4) is 0 Å². The van der Waals surface area contributed by atoms with Crippen molar-refractivity contribution < 1.29 is 4.74 Å². The van der Waals surface area contributed by atoms with E-state index in [0.29, 0.717) is 0 Å². The molecule has 0 saturated carbocycles. The van der Waals surface area contributed by atoms with Crippen molar-refractivity contribution in [2.24, 2.45) is 0 Å². The van der Waals surface area contributed by atoms with Gasteiger partial charge in [-0.05, 0) is 11.6 Å². The Bertz CT molecular complexity index is 304. The Balaban J connectivity index is 2.38. The quantitative estimate of drug-likeness (QED) is 0.745. The molecule has 3 heteroatoms. The molecule has 0 aliphatic carbocycles. The maximum Gasteiger partial charge on any atom is 0.0594 e. The van der Waals surface area contributed by atoms with Gasteiger partial charge in [-0.3, -0.25) is 0 Å². The molecule has 0 radical (unpaired) electrons. The van der Waals surface area contributed by atoms with Gasteiger partial charge in [0.1, 0.15) is 0 Å². The highest BCUT2D eigenvalue weighted by Crippen LogP contribution is 2.37. The number of thiol groups is 1. The molecule has 1 aliphatic rings. The molecule has 0 aromatic heterocycles. The molecule has 1 heterocycles. The molecule has 1 aromatic carbocycles. The van der Waals surface area contributed by atoms with E-state index in [4.69, 9.17) is 16.3 Å². The Morgan fingerprint density at radius 3 is 2.54 bits per heavy atom. The number of hydrogen-bond acceptors (Lipinski definition) is 2. The van der Waals surface area contributed by atoms with E-state index >= 15 is 0 Å². The molecule has 1 saturated heterocycles. The van der Waals surface area contributed by atoms with Crippen LogP contribution in [0.1, 0.15) is 5.56 Å². The fourth-order valence-corrected chi connectivity index (χ4v) is 2.26. The molecule has 1 nitrogen and oxygen atoms in total. The van der Waals surface area contributed by atoms with Gasteiger partial charge in [-0.1, -0.05) is 29.8 Å². The van der Waals surface area contributed by atoms with Crippen molar-refractivity contribution in [1.29, 1.82) is 0 Å². The van der Waals surface area contributed by atoms with Gasteiger partial charge in [-0.2, -0.15) is 12.6 Å². The molecule has 1 aliphatic heterocycles. The standard InChI is InChI=1S/C10H11ClOS/c11-9-4-2-1-3-8(9)10(7-13)5-12-6-10/h1-4,13H,5-7H2. The van der Waals surface area contributed by atoms with Gasteiger partial charge in [0.25, 0.3) is 0 Å². The van der Waals surface area contributed by atoms with E-state index < -0.39 is 0 Å². The summed E-state index contributed by atoms with van der Waals surface area (Å²) in [7, 11) is 0. The summed E-state index contributed by atoms with van der Waals surface area (Å²) in [6.07, 6.45) is 0. The molecule has 0 spiro atoms. The molecule has 0 amide bonds. The summed E-state index contributed by atoms with van der Waals surface area (Å²) in [5.74, 6) is 0.788. The lowest BCUT2D eigenvalue weighted by Crippen LogP contribution is -2.48. The molecule has 1 aromatic rings. The Morgan fingerprint density at radius 1 is 1.38 bits per heavy atom. The van der Waals surface area contributed by atoms with Crippen LogP contribution >= 0.6 is 24.2 Å². The second-order valence-corrected chi connectivity index (χ2v) is 4.13. The first kappa shape index (κ1) is 9.38. The lowest BCUT2D eigenvalue weighted by atomic mass is 9.80. The summed E-state index contributed by atoms with van der Waals surface area (Å²) in [6, 6.07) is 7.92. The minimum Gasteiger partial charge on any atom is -0.379 e. The van der Waals surface area contributed by atoms with E-state index in [-0.39, 0.29) is 5.41 Å². The smallest absolute Gasteiger partial charge is 0.0594 e. The monoisotopic (exact) mass is 214 g/mol. The molecular weight excluding hydrogens is 204 g/mol. The Kier molecular flexibility index (Phi) is 2.54. The molecule has 0 unspecified atom stereocenters. The zero-order valence-corrected chi connectivity index (χ0v) is 8.81. The first-order chi connectivity index (χ1) is 6.28. The first-order valence-electron chi connectivity index (χ1n) is 4.22. The second-order valence-electron chi connectivity index (χ2n) is 3.41. The third-order valence-electron chi connectivity index (χ3n) is 2.50. The summed E-state index contributed by atoms with van der Waals surface area (Å²) in [4.78, 5) is 0. The molecule has 13 heavy (non-hydrogen) atoms. The Morgan fingerprint density at radius 2 is 2.08 bits per heavy atom. The fraction of sp³-hybridized carbons (Fsp3) is 0.400. The van der Waals surface area contributed by atoms with E-state index in [9.17, 15) is 0 Å². The normalized spacial score (nSPS) is 19.5. The van der Waals surface area contributed by atoms with Gasteiger partial charge in [0, 0.05) is 10.8 Å². The van der Waals surface area contributed by atoms with Gasteiger partial charge in [-0.15, -0.1) is 0 Å². The van der Waals surface area contributed by atoms with Gasteiger partial charge in [0.15, 0.2) is 0 Å². The first-order valence-corrected chi connectivity index (χ1v) is 5.23. The van der Waals surface area contributed by atoms with E-state index in [2.05, 4.69) is 18.7 Å². The number of benzene rings is 1. The van der Waals surface area contributed by atoms with E-state index in [1.807, 2.05) is 18.2 Å². The minimum absolute atomic E-state index is 0.0570. The van der Waals surface area contributed by atoms with E-state index in [1.54, 1.807) is 0 Å². The Hall–Kier alpha value is -0.180. The SMILES string of the molecule is SCC1(c2ccccc2Cl)COC1. The highest BCUT2D eigenvalue weighted by atomic mass is 35.5. The van der Waals surface area contributed by atoms with Crippen molar-refractivity contribution in [1.82, 2.24) is 0 Å². The van der Waals surface area contributed by atoms with Gasteiger partial charge >= 0.3 is 0 Å². The molecule has 0 N–H and O–H groups in total. The predicted octanol–water partition coefficient (Wildman–Crippen LogP) is 2.54. The minimum atomic E-state index is 0.0570. The van der Waals surface area contributed by atoms with Crippen LogP contribution in [0.3, 0.4) is 0 Å². The average Bonchev–Trinajstić information content (AvgIpc) is 2.07. The molecule has 1 fully saturated rings. The number of hydrogen-bond donors (Lipinski definition) is 1. The van der Waals surface area contributed by atoms with Crippen LogP contribution < -0.4 is 0 Å². The lowest BCUT2D eigenvalue weighted by molar-refractivity contribution is -0.0470. The van der Waals surface area contributed by atoms with Crippen molar-refractivity contribution in [2.75, 3.05) is 19.0 Å². The van der Waals surface area contributed by atoms with Crippen LogP contribution in [0.5, 0.6) is 0 Å². The van der Waals surface area contributed by atoms with Gasteiger partial charge in [-0.25, -0.2) is 0 Å². The van der Waals surface area contributed by atoms with Crippen LogP contribution in [0, 0.1) is 0 Å². The summed E-state index contributed by atoms with van der Waals surface area (Å²) in [5, 5.41) is 0.819. The zero-order valence-electron chi connectivity index (χ0n) is 7.16. The average molecular weight is 215 g/mol. The van der Waals surface area contributed by atoms with Crippen LogP contribution in [0.2, 0.25) is 5.02 Å². The van der Waals surface area contributed by atoms with Crippen LogP contribution in [0.15, 0.2) is 24.3 Å². The largest absolute Gasteiger partial charge is 0.379 e. The summed E-state index contributed by atoms with van der Waals surface area (Å²) in [5.41, 5.74) is 1.22. The zero-order chi connectivity index (χ0) is 9.31. The summed E-state index contributed by atoms with van der Waals surface area (Å²) in [6.45, 7) is 1.47. The fourth-order valence-electron chi connectivity index (χ4n) is 1.57. The van der Waals surface area contributed by atoms with Crippen molar-refractivity contribution in [3.05, 3.63) is 34.9 Å². The van der Waals surface area contributed by atoms with Gasteiger partial charge < -0.3 is 4.74 Å². The molecular formula is C10H11ClOS. The maximum atomic E-state index is 6.11. The molecule has 2 rings (SSSR count). The van der Waals surface area contributed by atoms with Crippen LogP contribution in [0.25, 0.3) is 0 Å². The van der Waals surface area contributed by atoms with Gasteiger partial charge in [0.05, 0.1) is 18.6 Å². The molecule has 0 bridgehead atoms. The van der Waals surface area contributed by atoms with E-state index in [1.165, 1.54) is 0 Å². The predicted molar refractivity (Wildman–Crippen MR) is 57.8 cm³/mol. The summed E-state index contributed by atoms with van der Waals surface area (Å²) >= 11 is 10.5. The third kappa shape index (κ3) is 1.47. The van der Waals surface area contributed by atoms with E-state index in [0.717, 1.165) is 29.6 Å². The van der Waals surface area contributed by atoms with Crippen molar-refractivity contribution in [3.63, 3.8) is 0 Å². The molecule has 70 valence electrons. The number of rotatable bonds is 2. The number of ether oxygens (including phenoxy) is 1. The summed E-state index contributed by atoms with van der Waals surface area (Å²) < 4.78 is 5.23. The maximum absolute atomic E-state index is 6.11. The Labute approximate surface area is 88.5 Å². The lowest BCUT2D eigenvalue weighted by Gasteiger charge is -2.41. The van der Waals surface area contributed by atoms with Crippen molar-refractivity contribution in [2.45, 2.75) is 5.41 Å². The topological polar surface area (TPSA) is 9.23 Å². The van der Waals surface area contributed by atoms with Crippen LogP contribution in [-0.2, 0) is 10.2 Å². The van der Waals surface area contributed by atoms with Gasteiger partial charge in [0.2, 0.25) is 0 Å². The molecule has 0 atom stereocenters. The second kappa shape index (κ2) is 3.52. The highest BCUT2D eigenvalue weighted by Gasteiger charge is 2.40. The highest BCUT2D eigenvalue weighted by molar-refractivity contribution is 7.80. The third-order valence-corrected chi connectivity index (χ3v) is 3.44.